The number of piperidine rings is 2. The molecule has 65 heavy (non-hydrogen) atoms. The molecule has 2 aromatic heterocycles. The predicted molar refractivity (Wildman–Crippen MR) is 234 cm³/mol. The number of benzene rings is 1. The van der Waals surface area contributed by atoms with E-state index in [9.17, 15) is 28.8 Å². The zero-order valence-electron chi connectivity index (χ0n) is 36.5. The maximum atomic E-state index is 15.0. The third-order valence-corrected chi connectivity index (χ3v) is 12.9. The summed E-state index contributed by atoms with van der Waals surface area (Å²) >= 11 is 0. The Hall–Kier alpha value is -6.51. The molecule has 4 fully saturated rings. The molecule has 346 valence electrons. The summed E-state index contributed by atoms with van der Waals surface area (Å²) < 4.78 is 35.7. The van der Waals surface area contributed by atoms with Crippen molar-refractivity contribution in [3.8, 4) is 5.75 Å². The lowest BCUT2D eigenvalue weighted by atomic mass is 10.0. The SMILES string of the molecule is COc1cc(C(=O)NC2CCN(C(=O)CCN3CCN(c4ccnc(C(=O)NC5CCC(=O)NC5=O)c4)CC3)CC2)ccc1Nc1ncc2c(n1)N(C1CCCC1)CC(F)(F)C(=O)N2C. The van der Waals surface area contributed by atoms with Crippen LogP contribution in [0.15, 0.2) is 42.7 Å². The van der Waals surface area contributed by atoms with Crippen LogP contribution in [0.5, 0.6) is 5.75 Å². The van der Waals surface area contributed by atoms with Crippen LogP contribution >= 0.6 is 0 Å². The van der Waals surface area contributed by atoms with E-state index in [4.69, 9.17) is 4.74 Å². The fraction of sp³-hybridized carbons (Fsp3) is 0.523. The number of nitrogens with zero attached hydrogens (tertiary/aromatic N) is 8. The molecule has 3 saturated heterocycles. The molecule has 6 heterocycles. The average Bonchev–Trinajstić information content (AvgIpc) is 3.84. The molecule has 0 radical (unpaired) electrons. The van der Waals surface area contributed by atoms with Crippen LogP contribution in [0.4, 0.5) is 37.6 Å². The second-order valence-electron chi connectivity index (χ2n) is 17.2. The van der Waals surface area contributed by atoms with Crippen LogP contribution in [-0.4, -0.2) is 151 Å². The Morgan fingerprint density at radius 1 is 0.908 bits per heavy atom. The van der Waals surface area contributed by atoms with E-state index >= 15 is 8.78 Å². The lowest BCUT2D eigenvalue weighted by Gasteiger charge is -2.37. The lowest BCUT2D eigenvalue weighted by molar-refractivity contribution is -0.140. The number of anilines is 5. The first-order chi connectivity index (χ1) is 31.3. The lowest BCUT2D eigenvalue weighted by Crippen LogP contribution is -2.52. The van der Waals surface area contributed by atoms with Crippen molar-refractivity contribution in [2.75, 3.05) is 86.5 Å². The van der Waals surface area contributed by atoms with Crippen LogP contribution in [0, 0.1) is 0 Å². The molecular weight excluding hydrogens is 847 g/mol. The minimum Gasteiger partial charge on any atom is -0.495 e. The van der Waals surface area contributed by atoms with Crippen LogP contribution in [-0.2, 0) is 19.2 Å². The summed E-state index contributed by atoms with van der Waals surface area (Å²) in [6, 6.07) is 7.32. The van der Waals surface area contributed by atoms with E-state index in [1.54, 1.807) is 30.5 Å². The second-order valence-corrected chi connectivity index (χ2v) is 17.2. The van der Waals surface area contributed by atoms with Crippen LogP contribution < -0.4 is 40.7 Å². The third-order valence-electron chi connectivity index (χ3n) is 12.9. The van der Waals surface area contributed by atoms with Crippen molar-refractivity contribution < 1.29 is 42.3 Å². The average molecular weight is 901 g/mol. The molecule has 1 atom stereocenters. The van der Waals surface area contributed by atoms with Crippen molar-refractivity contribution in [2.45, 2.75) is 81.8 Å². The minimum absolute atomic E-state index is 0.0639. The van der Waals surface area contributed by atoms with Gasteiger partial charge in [-0.25, -0.2) is 4.98 Å². The number of piperazine rings is 1. The molecule has 3 aromatic rings. The van der Waals surface area contributed by atoms with E-state index < -0.39 is 36.2 Å². The predicted octanol–water partition coefficient (Wildman–Crippen LogP) is 2.45. The number of likely N-dealkylation sites (tertiary alicyclic amines) is 1. The van der Waals surface area contributed by atoms with Gasteiger partial charge in [0.1, 0.15) is 23.2 Å². The van der Waals surface area contributed by atoms with Crippen LogP contribution in [0.1, 0.15) is 78.6 Å². The summed E-state index contributed by atoms with van der Waals surface area (Å²) in [5, 5.41) is 11.1. The first-order valence-electron chi connectivity index (χ1n) is 22.2. The molecule has 0 spiro atoms. The molecule has 4 N–H and O–H groups in total. The van der Waals surface area contributed by atoms with E-state index in [2.05, 4.69) is 46.0 Å². The van der Waals surface area contributed by atoms with Gasteiger partial charge in [-0.2, -0.15) is 13.8 Å². The largest absolute Gasteiger partial charge is 0.495 e. The molecular formula is C44H54F2N12O7. The number of aromatic nitrogens is 3. The number of nitrogens with one attached hydrogen (secondary N) is 4. The van der Waals surface area contributed by atoms with Gasteiger partial charge in [0.25, 0.3) is 17.7 Å². The Morgan fingerprint density at radius 2 is 1.66 bits per heavy atom. The van der Waals surface area contributed by atoms with E-state index in [-0.39, 0.29) is 65.8 Å². The number of halogens is 2. The second kappa shape index (κ2) is 19.3. The van der Waals surface area contributed by atoms with E-state index in [1.807, 2.05) is 11.0 Å². The number of amides is 6. The van der Waals surface area contributed by atoms with Crippen LogP contribution in [0.3, 0.4) is 0 Å². The number of methoxy groups -OCH3 is 1. The molecule has 21 heteroatoms. The maximum absolute atomic E-state index is 15.0. The Morgan fingerprint density at radius 3 is 2.38 bits per heavy atom. The van der Waals surface area contributed by atoms with E-state index in [0.29, 0.717) is 69.0 Å². The normalized spacial score (nSPS) is 20.8. The number of alkyl halides is 2. The molecule has 5 aliphatic rings. The van der Waals surface area contributed by atoms with Gasteiger partial charge in [0.2, 0.25) is 23.7 Å². The molecule has 8 rings (SSSR count). The summed E-state index contributed by atoms with van der Waals surface area (Å²) in [5.41, 5.74) is 2.03. The van der Waals surface area contributed by atoms with Crippen molar-refractivity contribution >= 4 is 64.3 Å². The van der Waals surface area contributed by atoms with Crippen LogP contribution in [0.25, 0.3) is 0 Å². The summed E-state index contributed by atoms with van der Waals surface area (Å²) in [4.78, 5) is 97.6. The van der Waals surface area contributed by atoms with Gasteiger partial charge in [0.05, 0.1) is 25.5 Å². The number of hydrogen-bond acceptors (Lipinski definition) is 14. The van der Waals surface area contributed by atoms with Gasteiger partial charge in [-0.3, -0.25) is 44.0 Å². The molecule has 1 unspecified atom stereocenters. The highest BCUT2D eigenvalue weighted by Crippen LogP contribution is 2.40. The molecule has 1 aromatic carbocycles. The van der Waals surface area contributed by atoms with Crippen LogP contribution in [0.2, 0.25) is 0 Å². The number of fused-ring (bicyclic) bond motifs is 1. The van der Waals surface area contributed by atoms with Gasteiger partial charge in [0.15, 0.2) is 5.82 Å². The number of hydrogen-bond donors (Lipinski definition) is 4. The Balaban J connectivity index is 0.786. The number of ether oxygens (including phenoxy) is 1. The molecule has 0 bridgehead atoms. The zero-order valence-corrected chi connectivity index (χ0v) is 36.5. The monoisotopic (exact) mass is 900 g/mol. The van der Waals surface area contributed by atoms with E-state index in [1.165, 1.54) is 25.3 Å². The number of rotatable bonds is 12. The number of carbonyl (C=O) groups is 6. The van der Waals surface area contributed by atoms with Crippen molar-refractivity contribution in [1.82, 2.24) is 40.7 Å². The van der Waals surface area contributed by atoms with Crippen molar-refractivity contribution in [1.29, 1.82) is 0 Å². The highest BCUT2D eigenvalue weighted by Gasteiger charge is 2.49. The van der Waals surface area contributed by atoms with Gasteiger partial charge in [-0.1, -0.05) is 12.8 Å². The molecule has 19 nitrogen and oxygen atoms in total. The molecule has 6 amide bonds. The Bertz CT molecular complexity index is 2310. The maximum Gasteiger partial charge on any atom is 0.342 e. The quantitative estimate of drug-likeness (QED) is 0.192. The Kier molecular flexibility index (Phi) is 13.4. The smallest absolute Gasteiger partial charge is 0.342 e. The highest BCUT2D eigenvalue weighted by molar-refractivity contribution is 6.04. The van der Waals surface area contributed by atoms with Gasteiger partial charge in [-0.15, -0.1) is 0 Å². The fourth-order valence-corrected chi connectivity index (χ4v) is 9.15. The summed E-state index contributed by atoms with van der Waals surface area (Å²) in [7, 11) is 2.77. The van der Waals surface area contributed by atoms with Crippen molar-refractivity contribution in [3.05, 3.63) is 54.0 Å². The summed E-state index contributed by atoms with van der Waals surface area (Å²) in [6.07, 6.45) is 8.15. The topological polar surface area (TPSA) is 215 Å². The van der Waals surface area contributed by atoms with Gasteiger partial charge in [0, 0.05) is 95.2 Å². The first-order valence-corrected chi connectivity index (χ1v) is 22.2. The highest BCUT2D eigenvalue weighted by atomic mass is 19.3. The first kappa shape index (κ1) is 45.1. The molecule has 1 saturated carbocycles. The van der Waals surface area contributed by atoms with Crippen molar-refractivity contribution in [3.63, 3.8) is 0 Å². The number of carbonyl (C=O) groups excluding carboxylic acids is 6. The number of imide groups is 1. The Labute approximate surface area is 374 Å². The fourth-order valence-electron chi connectivity index (χ4n) is 9.15. The molecule has 4 aliphatic heterocycles. The van der Waals surface area contributed by atoms with Gasteiger partial charge < -0.3 is 40.3 Å². The third kappa shape index (κ3) is 10.2. The zero-order chi connectivity index (χ0) is 45.8. The summed E-state index contributed by atoms with van der Waals surface area (Å²) in [6.45, 7) is 3.73. The minimum atomic E-state index is -3.59. The van der Waals surface area contributed by atoms with Crippen molar-refractivity contribution in [2.24, 2.45) is 0 Å². The standard InChI is InChI=1S/C44H54F2N12O7/c1-54-34-25-48-43(53-38(34)58(29-5-3-4-6-29)26-44(45,46)42(54)64)51-31-8-7-27(23-35(31)65-2)39(61)49-28-12-17-57(18-13-28)37(60)14-16-55-19-21-56(22-20-55)30-11-15-47-33(24-30)41(63)50-32-9-10-36(59)52-40(32)62/h7-8,11,15,23-25,28-29,32H,3-6,9-10,12-14,16-22,26H2,1-2H3,(H,49,61)(H,50,63)(H,48,51,53)(H,52,59,62). The van der Waals surface area contributed by atoms with Gasteiger partial charge in [-0.05, 0) is 62.4 Å². The molecule has 1 aliphatic carbocycles. The number of pyridine rings is 1. The van der Waals surface area contributed by atoms with Gasteiger partial charge >= 0.3 is 5.92 Å². The van der Waals surface area contributed by atoms with E-state index in [0.717, 1.165) is 49.4 Å². The summed E-state index contributed by atoms with van der Waals surface area (Å²) in [5.74, 6) is -5.79.